The maximum absolute atomic E-state index is 13.9. The van der Waals surface area contributed by atoms with Gasteiger partial charge in [0.15, 0.2) is 0 Å². The summed E-state index contributed by atoms with van der Waals surface area (Å²) in [6, 6.07) is 2.46. The van der Waals surface area contributed by atoms with Crippen molar-refractivity contribution in [1.82, 2.24) is 9.21 Å². The molecule has 0 unspecified atom stereocenters. The molecule has 0 aromatic heterocycles. The summed E-state index contributed by atoms with van der Waals surface area (Å²) in [5, 5.41) is 0. The molecule has 25 heavy (non-hydrogen) atoms. The highest BCUT2D eigenvalue weighted by Gasteiger charge is 2.32. The second kappa shape index (κ2) is 7.37. The molecule has 138 valence electrons. The zero-order valence-electron chi connectivity index (χ0n) is 14.0. The van der Waals surface area contributed by atoms with Gasteiger partial charge in [-0.2, -0.15) is 4.31 Å². The second-order valence-electron chi connectivity index (χ2n) is 6.64. The monoisotopic (exact) mass is 372 g/mol. The van der Waals surface area contributed by atoms with E-state index in [1.54, 1.807) is 4.90 Å². The lowest BCUT2D eigenvalue weighted by Crippen LogP contribution is -2.39. The molecule has 8 heteroatoms. The van der Waals surface area contributed by atoms with Gasteiger partial charge in [-0.1, -0.05) is 12.8 Å². The number of hydrogen-bond acceptors (Lipinski definition) is 3. The molecule has 0 radical (unpaired) electrons. The Morgan fingerprint density at radius 2 is 1.72 bits per heavy atom. The fourth-order valence-electron chi connectivity index (χ4n) is 3.61. The molecule has 1 heterocycles. The number of carbonyl (C=O) groups is 1. The van der Waals surface area contributed by atoms with E-state index in [-0.39, 0.29) is 24.9 Å². The van der Waals surface area contributed by atoms with Crippen LogP contribution in [0.15, 0.2) is 23.1 Å². The first-order valence-electron chi connectivity index (χ1n) is 8.63. The van der Waals surface area contributed by atoms with Gasteiger partial charge in [-0.15, -0.1) is 0 Å². The van der Waals surface area contributed by atoms with Gasteiger partial charge >= 0.3 is 0 Å². The fourth-order valence-corrected chi connectivity index (χ4v) is 5.12. The summed E-state index contributed by atoms with van der Waals surface area (Å²) in [6.07, 6.45) is 4.43. The molecular weight excluding hydrogens is 350 g/mol. The van der Waals surface area contributed by atoms with Crippen LogP contribution in [0.3, 0.4) is 0 Å². The summed E-state index contributed by atoms with van der Waals surface area (Å²) >= 11 is 0. The third-order valence-corrected chi connectivity index (χ3v) is 6.91. The topological polar surface area (TPSA) is 57.7 Å². The second-order valence-corrected chi connectivity index (χ2v) is 8.55. The van der Waals surface area contributed by atoms with Crippen molar-refractivity contribution in [3.05, 3.63) is 29.8 Å². The van der Waals surface area contributed by atoms with E-state index in [1.807, 2.05) is 0 Å². The molecule has 5 nitrogen and oxygen atoms in total. The van der Waals surface area contributed by atoms with E-state index in [1.165, 1.54) is 4.31 Å². The predicted octanol–water partition coefficient (Wildman–Crippen LogP) is 2.38. The molecule has 1 aromatic carbocycles. The van der Waals surface area contributed by atoms with Crippen LogP contribution in [0.25, 0.3) is 0 Å². The van der Waals surface area contributed by atoms with Gasteiger partial charge in [0, 0.05) is 38.2 Å². The Labute approximate surface area is 146 Å². The molecule has 3 rings (SSSR count). The van der Waals surface area contributed by atoms with Crippen LogP contribution >= 0.6 is 0 Å². The molecule has 1 amide bonds. The van der Waals surface area contributed by atoms with Crippen LogP contribution in [-0.4, -0.2) is 49.7 Å². The molecule has 0 N–H and O–H groups in total. The van der Waals surface area contributed by atoms with Crippen LogP contribution < -0.4 is 0 Å². The minimum atomic E-state index is -4.05. The Kier molecular flexibility index (Phi) is 5.38. The number of sulfonamides is 1. The molecule has 2 aliphatic rings. The quantitative estimate of drug-likeness (QED) is 0.819. The van der Waals surface area contributed by atoms with Gasteiger partial charge in [-0.05, 0) is 31.4 Å². The number of hydrogen-bond donors (Lipinski definition) is 0. The number of carbonyl (C=O) groups excluding carboxylic acids is 1. The maximum atomic E-state index is 13.9. The van der Waals surface area contributed by atoms with E-state index in [0.29, 0.717) is 25.6 Å². The molecule has 1 aliphatic carbocycles. The van der Waals surface area contributed by atoms with Crippen molar-refractivity contribution in [2.45, 2.75) is 37.0 Å². The summed E-state index contributed by atoms with van der Waals surface area (Å²) in [5.74, 6) is -1.76. The minimum absolute atomic E-state index is 0.0534. The van der Waals surface area contributed by atoms with Gasteiger partial charge in [-0.3, -0.25) is 4.79 Å². The van der Waals surface area contributed by atoms with E-state index in [0.717, 1.165) is 37.8 Å². The van der Waals surface area contributed by atoms with Crippen molar-refractivity contribution in [1.29, 1.82) is 0 Å². The van der Waals surface area contributed by atoms with Gasteiger partial charge in [0.25, 0.3) is 0 Å². The van der Waals surface area contributed by atoms with Crippen molar-refractivity contribution in [2.24, 2.45) is 5.92 Å². The van der Waals surface area contributed by atoms with Crippen molar-refractivity contribution < 1.29 is 22.0 Å². The molecule has 0 spiro atoms. The molecule has 1 aliphatic heterocycles. The summed E-state index contributed by atoms with van der Waals surface area (Å²) in [6.45, 7) is 1.15. The van der Waals surface area contributed by atoms with Crippen LogP contribution in [0.4, 0.5) is 8.78 Å². The summed E-state index contributed by atoms with van der Waals surface area (Å²) in [5.41, 5.74) is 0. The van der Waals surface area contributed by atoms with Crippen molar-refractivity contribution in [2.75, 3.05) is 26.2 Å². The first-order valence-corrected chi connectivity index (χ1v) is 10.1. The Bertz CT molecular complexity index is 748. The van der Waals surface area contributed by atoms with Crippen LogP contribution in [-0.2, 0) is 14.8 Å². The summed E-state index contributed by atoms with van der Waals surface area (Å²) in [4.78, 5) is 13.7. The number of halogens is 2. The smallest absolute Gasteiger partial charge is 0.246 e. The highest BCUT2D eigenvalue weighted by atomic mass is 32.2. The lowest BCUT2D eigenvalue weighted by Gasteiger charge is -2.24. The molecular formula is C17H22F2N2O3S. The molecule has 1 aromatic rings. The van der Waals surface area contributed by atoms with Gasteiger partial charge in [0.1, 0.15) is 16.5 Å². The standard InChI is InChI=1S/C17H22F2N2O3S/c18-14-6-7-16(15(19)12-14)25(23,24)21-9-3-8-20(10-11-21)17(22)13-4-1-2-5-13/h6-7,12-13H,1-5,8-11H2. The van der Waals surface area contributed by atoms with Gasteiger partial charge < -0.3 is 4.90 Å². The van der Waals surface area contributed by atoms with Gasteiger partial charge in [0.2, 0.25) is 15.9 Å². The maximum Gasteiger partial charge on any atom is 0.246 e. The largest absolute Gasteiger partial charge is 0.341 e. The third-order valence-electron chi connectivity index (χ3n) is 4.98. The number of amides is 1. The van der Waals surface area contributed by atoms with E-state index in [4.69, 9.17) is 0 Å². The Morgan fingerprint density at radius 1 is 1.00 bits per heavy atom. The zero-order chi connectivity index (χ0) is 18.0. The predicted molar refractivity (Wildman–Crippen MR) is 88.3 cm³/mol. The van der Waals surface area contributed by atoms with Crippen molar-refractivity contribution in [3.8, 4) is 0 Å². The molecule has 0 bridgehead atoms. The third kappa shape index (κ3) is 3.84. The highest BCUT2D eigenvalue weighted by molar-refractivity contribution is 7.89. The Morgan fingerprint density at radius 3 is 2.40 bits per heavy atom. The van der Waals surface area contributed by atoms with Gasteiger partial charge in [0.05, 0.1) is 0 Å². The van der Waals surface area contributed by atoms with Gasteiger partial charge in [-0.25, -0.2) is 17.2 Å². The first kappa shape index (κ1) is 18.3. The highest BCUT2D eigenvalue weighted by Crippen LogP contribution is 2.27. The lowest BCUT2D eigenvalue weighted by atomic mass is 10.1. The van der Waals surface area contributed by atoms with Crippen molar-refractivity contribution in [3.63, 3.8) is 0 Å². The molecule has 0 atom stereocenters. The SMILES string of the molecule is O=C(C1CCCC1)N1CCCN(S(=O)(=O)c2ccc(F)cc2F)CC1. The minimum Gasteiger partial charge on any atom is -0.341 e. The number of rotatable bonds is 3. The summed E-state index contributed by atoms with van der Waals surface area (Å²) in [7, 11) is -4.05. The van der Waals surface area contributed by atoms with Crippen molar-refractivity contribution >= 4 is 15.9 Å². The Balaban J connectivity index is 1.72. The summed E-state index contributed by atoms with van der Waals surface area (Å²) < 4.78 is 53.5. The molecule has 1 saturated carbocycles. The van der Waals surface area contributed by atoms with E-state index in [9.17, 15) is 22.0 Å². The zero-order valence-corrected chi connectivity index (χ0v) is 14.8. The lowest BCUT2D eigenvalue weighted by molar-refractivity contribution is -0.135. The first-order chi connectivity index (χ1) is 11.9. The Hall–Kier alpha value is -1.54. The number of nitrogens with zero attached hydrogens (tertiary/aromatic N) is 2. The molecule has 1 saturated heterocycles. The van der Waals surface area contributed by atoms with Crippen LogP contribution in [0.1, 0.15) is 32.1 Å². The number of benzene rings is 1. The van der Waals surface area contributed by atoms with Crippen LogP contribution in [0.2, 0.25) is 0 Å². The normalized spacial score (nSPS) is 20.6. The fraction of sp³-hybridized carbons (Fsp3) is 0.588. The van der Waals surface area contributed by atoms with Crippen LogP contribution in [0.5, 0.6) is 0 Å². The van der Waals surface area contributed by atoms with E-state index in [2.05, 4.69) is 0 Å². The molecule has 2 fully saturated rings. The van der Waals surface area contributed by atoms with E-state index >= 15 is 0 Å². The van der Waals surface area contributed by atoms with Crippen LogP contribution in [0, 0.1) is 17.6 Å². The van der Waals surface area contributed by atoms with E-state index < -0.39 is 26.6 Å². The average molecular weight is 372 g/mol. The average Bonchev–Trinajstić information content (AvgIpc) is 2.97.